The lowest BCUT2D eigenvalue weighted by molar-refractivity contribution is -0.274. The minimum atomic E-state index is -4.67. The van der Waals surface area contributed by atoms with Crippen molar-refractivity contribution < 1.29 is 17.9 Å². The SMILES string of the molecule is CNCc1ccc(-c2ccc(OC(F)(F)F)cc2)cn1. The predicted octanol–water partition coefficient (Wildman–Crippen LogP) is 3.37. The molecule has 0 amide bonds. The lowest BCUT2D eigenvalue weighted by Crippen LogP contribution is -2.16. The molecule has 0 atom stereocenters. The summed E-state index contributed by atoms with van der Waals surface area (Å²) in [5.74, 6) is -0.235. The second-order valence-corrected chi connectivity index (χ2v) is 4.14. The zero-order chi connectivity index (χ0) is 14.6. The van der Waals surface area contributed by atoms with Crippen LogP contribution in [0.5, 0.6) is 5.75 Å². The van der Waals surface area contributed by atoms with Crippen LogP contribution < -0.4 is 10.1 Å². The van der Waals surface area contributed by atoms with Crippen molar-refractivity contribution in [1.29, 1.82) is 0 Å². The molecule has 6 heteroatoms. The quantitative estimate of drug-likeness (QED) is 0.933. The molecule has 0 saturated heterocycles. The summed E-state index contributed by atoms with van der Waals surface area (Å²) in [6, 6.07) is 9.44. The molecule has 3 nitrogen and oxygen atoms in total. The topological polar surface area (TPSA) is 34.1 Å². The predicted molar refractivity (Wildman–Crippen MR) is 69.1 cm³/mol. The fraction of sp³-hybridized carbons (Fsp3) is 0.214. The van der Waals surface area contributed by atoms with Crippen molar-refractivity contribution in [2.24, 2.45) is 0 Å². The lowest BCUT2D eigenvalue weighted by Gasteiger charge is -2.09. The van der Waals surface area contributed by atoms with Gasteiger partial charge in [-0.25, -0.2) is 0 Å². The Morgan fingerprint density at radius 1 is 1.05 bits per heavy atom. The maximum atomic E-state index is 12.0. The number of hydrogen-bond donors (Lipinski definition) is 1. The molecule has 0 fully saturated rings. The van der Waals surface area contributed by atoms with Crippen molar-refractivity contribution in [3.05, 3.63) is 48.3 Å². The van der Waals surface area contributed by atoms with Gasteiger partial charge in [-0.2, -0.15) is 0 Å². The number of nitrogens with zero attached hydrogens (tertiary/aromatic N) is 1. The highest BCUT2D eigenvalue weighted by Crippen LogP contribution is 2.26. The van der Waals surface area contributed by atoms with Gasteiger partial charge in [-0.15, -0.1) is 13.2 Å². The zero-order valence-corrected chi connectivity index (χ0v) is 10.7. The summed E-state index contributed by atoms with van der Waals surface area (Å²) in [5.41, 5.74) is 2.51. The highest BCUT2D eigenvalue weighted by Gasteiger charge is 2.30. The van der Waals surface area contributed by atoms with Gasteiger partial charge in [-0.3, -0.25) is 4.98 Å². The van der Waals surface area contributed by atoms with Crippen LogP contribution in [-0.4, -0.2) is 18.4 Å². The number of aromatic nitrogens is 1. The standard InChI is InChI=1S/C14H13F3N2O/c1-18-9-12-5-2-11(8-19-12)10-3-6-13(7-4-10)20-14(15,16)17/h2-8,18H,9H2,1H3. The molecule has 1 N–H and O–H groups in total. The van der Waals surface area contributed by atoms with Crippen LogP contribution >= 0.6 is 0 Å². The van der Waals surface area contributed by atoms with E-state index in [0.717, 1.165) is 16.8 Å². The highest BCUT2D eigenvalue weighted by atomic mass is 19.4. The molecule has 0 spiro atoms. The van der Waals surface area contributed by atoms with Crippen LogP contribution in [0, 0.1) is 0 Å². The van der Waals surface area contributed by atoms with Gasteiger partial charge in [0.25, 0.3) is 0 Å². The number of ether oxygens (including phenoxy) is 1. The normalized spacial score (nSPS) is 11.4. The van der Waals surface area contributed by atoms with Crippen LogP contribution in [0.25, 0.3) is 11.1 Å². The molecule has 0 aliphatic rings. The van der Waals surface area contributed by atoms with Gasteiger partial charge >= 0.3 is 6.36 Å². The summed E-state index contributed by atoms with van der Waals surface area (Å²) in [6.45, 7) is 0.665. The summed E-state index contributed by atoms with van der Waals surface area (Å²) in [4.78, 5) is 4.25. The molecule has 0 unspecified atom stereocenters. The summed E-state index contributed by atoms with van der Waals surface area (Å²) >= 11 is 0. The average molecular weight is 282 g/mol. The molecule has 106 valence electrons. The van der Waals surface area contributed by atoms with Gasteiger partial charge in [0.1, 0.15) is 5.75 Å². The largest absolute Gasteiger partial charge is 0.573 e. The van der Waals surface area contributed by atoms with E-state index in [9.17, 15) is 13.2 Å². The van der Waals surface area contributed by atoms with E-state index in [0.29, 0.717) is 6.54 Å². The Balaban J connectivity index is 2.13. The molecule has 2 rings (SSSR count). The van der Waals surface area contributed by atoms with Gasteiger partial charge in [0, 0.05) is 18.3 Å². The van der Waals surface area contributed by atoms with E-state index in [-0.39, 0.29) is 5.75 Å². The van der Waals surface area contributed by atoms with Crippen molar-refractivity contribution in [3.8, 4) is 16.9 Å². The lowest BCUT2D eigenvalue weighted by atomic mass is 10.1. The van der Waals surface area contributed by atoms with Crippen LogP contribution in [0.1, 0.15) is 5.69 Å². The molecule has 0 bridgehead atoms. The molecule has 0 aliphatic carbocycles. The molecule has 0 radical (unpaired) electrons. The third-order valence-corrected chi connectivity index (χ3v) is 2.60. The second kappa shape index (κ2) is 5.92. The second-order valence-electron chi connectivity index (χ2n) is 4.14. The number of halogens is 3. The van der Waals surface area contributed by atoms with Crippen LogP contribution in [-0.2, 0) is 6.54 Å². The first kappa shape index (κ1) is 14.3. The Morgan fingerprint density at radius 3 is 2.20 bits per heavy atom. The molecule has 2 aromatic rings. The number of pyridine rings is 1. The molecule has 20 heavy (non-hydrogen) atoms. The molecule has 0 saturated carbocycles. The van der Waals surface area contributed by atoms with Gasteiger partial charge in [-0.05, 0) is 30.8 Å². The third kappa shape index (κ3) is 3.96. The highest BCUT2D eigenvalue weighted by molar-refractivity contribution is 5.63. The monoisotopic (exact) mass is 282 g/mol. The van der Waals surface area contributed by atoms with E-state index in [1.165, 1.54) is 12.1 Å². The van der Waals surface area contributed by atoms with Crippen LogP contribution in [0.15, 0.2) is 42.6 Å². The summed E-state index contributed by atoms with van der Waals surface area (Å²) in [7, 11) is 1.83. The van der Waals surface area contributed by atoms with E-state index in [2.05, 4.69) is 15.0 Å². The fourth-order valence-electron chi connectivity index (χ4n) is 1.73. The van der Waals surface area contributed by atoms with Crippen molar-refractivity contribution in [1.82, 2.24) is 10.3 Å². The molecular formula is C14H13F3N2O. The Bertz CT molecular complexity index is 550. The van der Waals surface area contributed by atoms with Crippen molar-refractivity contribution in [2.45, 2.75) is 12.9 Å². The van der Waals surface area contributed by atoms with Crippen LogP contribution in [0.2, 0.25) is 0 Å². The maximum absolute atomic E-state index is 12.0. The first-order chi connectivity index (χ1) is 9.48. The van der Waals surface area contributed by atoms with E-state index in [1.807, 2.05) is 19.2 Å². The Labute approximate surface area is 114 Å². The number of alkyl halides is 3. The van der Waals surface area contributed by atoms with Crippen molar-refractivity contribution in [3.63, 3.8) is 0 Å². The van der Waals surface area contributed by atoms with Crippen molar-refractivity contribution in [2.75, 3.05) is 7.05 Å². The maximum Gasteiger partial charge on any atom is 0.573 e. The summed E-state index contributed by atoms with van der Waals surface area (Å²) < 4.78 is 40.0. The van der Waals surface area contributed by atoms with Gasteiger partial charge in [0.15, 0.2) is 0 Å². The number of nitrogens with one attached hydrogen (secondary N) is 1. The molecule has 0 aliphatic heterocycles. The number of hydrogen-bond acceptors (Lipinski definition) is 3. The number of rotatable bonds is 4. The van der Waals surface area contributed by atoms with E-state index in [4.69, 9.17) is 0 Å². The fourth-order valence-corrected chi connectivity index (χ4v) is 1.73. The van der Waals surface area contributed by atoms with Gasteiger partial charge in [-0.1, -0.05) is 18.2 Å². The molecule has 1 aromatic carbocycles. The van der Waals surface area contributed by atoms with E-state index < -0.39 is 6.36 Å². The van der Waals surface area contributed by atoms with E-state index in [1.54, 1.807) is 18.3 Å². The van der Waals surface area contributed by atoms with Crippen LogP contribution in [0.3, 0.4) is 0 Å². The Hall–Kier alpha value is -2.08. The summed E-state index contributed by atoms with van der Waals surface area (Å²) in [6.07, 6.45) is -2.98. The van der Waals surface area contributed by atoms with Gasteiger partial charge < -0.3 is 10.1 Å². The number of benzene rings is 1. The smallest absolute Gasteiger partial charge is 0.406 e. The molecule has 1 heterocycles. The summed E-state index contributed by atoms with van der Waals surface area (Å²) in [5, 5.41) is 2.99. The minimum Gasteiger partial charge on any atom is -0.406 e. The molecule has 1 aromatic heterocycles. The first-order valence-corrected chi connectivity index (χ1v) is 5.93. The Morgan fingerprint density at radius 2 is 1.70 bits per heavy atom. The van der Waals surface area contributed by atoms with Crippen molar-refractivity contribution >= 4 is 0 Å². The Kier molecular flexibility index (Phi) is 4.24. The first-order valence-electron chi connectivity index (χ1n) is 5.93. The average Bonchev–Trinajstić information content (AvgIpc) is 2.39. The third-order valence-electron chi connectivity index (χ3n) is 2.60. The molecular weight excluding hydrogens is 269 g/mol. The van der Waals surface area contributed by atoms with E-state index >= 15 is 0 Å². The van der Waals surface area contributed by atoms with Gasteiger partial charge in [0.05, 0.1) is 5.69 Å². The van der Waals surface area contributed by atoms with Crippen LogP contribution in [0.4, 0.5) is 13.2 Å². The minimum absolute atomic E-state index is 0.235. The zero-order valence-electron chi connectivity index (χ0n) is 10.7. The van der Waals surface area contributed by atoms with Gasteiger partial charge in [0.2, 0.25) is 0 Å².